The Morgan fingerprint density at radius 3 is 3.06 bits per heavy atom. The van der Waals surface area contributed by atoms with E-state index >= 15 is 0 Å². The van der Waals surface area contributed by atoms with Crippen LogP contribution in [0.3, 0.4) is 0 Å². The Bertz CT molecular complexity index is 405. The Morgan fingerprint density at radius 2 is 2.35 bits per heavy atom. The van der Waals surface area contributed by atoms with Gasteiger partial charge in [0.05, 0.1) is 0 Å². The summed E-state index contributed by atoms with van der Waals surface area (Å²) >= 11 is 6.02. The molecular weight excluding hydrogens is 234 g/mol. The highest BCUT2D eigenvalue weighted by molar-refractivity contribution is 6.31. The maximum Gasteiger partial charge on any atom is 0.152 e. The summed E-state index contributed by atoms with van der Waals surface area (Å²) < 4.78 is 0. The number of piperidine rings is 1. The molecule has 1 aromatic rings. The Balaban J connectivity index is 2.25. The third kappa shape index (κ3) is 2.81. The molecule has 1 heterocycles. The van der Waals surface area contributed by atoms with Gasteiger partial charge in [-0.1, -0.05) is 24.9 Å². The van der Waals surface area contributed by atoms with Gasteiger partial charge < -0.3 is 4.90 Å². The lowest BCUT2D eigenvalue weighted by molar-refractivity contribution is 0.112. The summed E-state index contributed by atoms with van der Waals surface area (Å²) in [4.78, 5) is 13.4. The number of halogens is 1. The molecule has 0 aromatic heterocycles. The van der Waals surface area contributed by atoms with E-state index in [4.69, 9.17) is 11.6 Å². The van der Waals surface area contributed by atoms with E-state index in [9.17, 15) is 4.79 Å². The minimum absolute atomic E-state index is 0.698. The van der Waals surface area contributed by atoms with Crippen LogP contribution in [0.1, 0.15) is 36.5 Å². The molecule has 1 aromatic carbocycles. The normalized spacial score (nSPS) is 20.4. The third-order valence-electron chi connectivity index (χ3n) is 3.56. The van der Waals surface area contributed by atoms with Gasteiger partial charge in [0.15, 0.2) is 6.29 Å². The van der Waals surface area contributed by atoms with Crippen molar-refractivity contribution in [2.45, 2.75) is 26.2 Å². The second kappa shape index (κ2) is 5.54. The predicted molar refractivity (Wildman–Crippen MR) is 72.1 cm³/mol. The van der Waals surface area contributed by atoms with Crippen molar-refractivity contribution in [3.8, 4) is 0 Å². The average Bonchev–Trinajstić information content (AvgIpc) is 2.39. The molecule has 1 aliphatic heterocycles. The summed E-state index contributed by atoms with van der Waals surface area (Å²) in [5.74, 6) is 0.738. The summed E-state index contributed by atoms with van der Waals surface area (Å²) in [7, 11) is 0. The van der Waals surface area contributed by atoms with Crippen molar-refractivity contribution < 1.29 is 4.79 Å². The Morgan fingerprint density at radius 1 is 1.53 bits per heavy atom. The first-order valence-electron chi connectivity index (χ1n) is 6.24. The number of carbonyl (C=O) groups excluding carboxylic acids is 1. The first-order valence-corrected chi connectivity index (χ1v) is 6.62. The smallest absolute Gasteiger partial charge is 0.152 e. The molecule has 2 nitrogen and oxygen atoms in total. The van der Waals surface area contributed by atoms with Crippen LogP contribution in [0.25, 0.3) is 0 Å². The Hall–Kier alpha value is -1.02. The van der Waals surface area contributed by atoms with Crippen molar-refractivity contribution in [1.29, 1.82) is 0 Å². The zero-order valence-electron chi connectivity index (χ0n) is 10.2. The molecule has 0 N–H and O–H groups in total. The molecule has 92 valence electrons. The fourth-order valence-electron chi connectivity index (χ4n) is 2.51. The van der Waals surface area contributed by atoms with E-state index < -0.39 is 0 Å². The van der Waals surface area contributed by atoms with Crippen molar-refractivity contribution in [2.75, 3.05) is 18.0 Å². The molecule has 1 atom stereocenters. The van der Waals surface area contributed by atoms with Crippen LogP contribution in [0, 0.1) is 5.92 Å². The zero-order valence-corrected chi connectivity index (χ0v) is 10.9. The van der Waals surface area contributed by atoms with Gasteiger partial charge in [0.2, 0.25) is 0 Å². The number of carbonyl (C=O) groups is 1. The number of aldehydes is 1. The van der Waals surface area contributed by atoms with Crippen LogP contribution in [0.4, 0.5) is 5.69 Å². The van der Waals surface area contributed by atoms with E-state index in [0.29, 0.717) is 5.02 Å². The second-order valence-corrected chi connectivity index (χ2v) is 5.12. The van der Waals surface area contributed by atoms with Crippen molar-refractivity contribution >= 4 is 23.6 Å². The van der Waals surface area contributed by atoms with Crippen molar-refractivity contribution in [1.82, 2.24) is 0 Å². The molecule has 3 heteroatoms. The summed E-state index contributed by atoms with van der Waals surface area (Å²) in [6.45, 7) is 4.29. The van der Waals surface area contributed by atoms with Crippen LogP contribution in [0.15, 0.2) is 18.2 Å². The molecule has 0 spiro atoms. The number of hydrogen-bond donors (Lipinski definition) is 0. The van der Waals surface area contributed by atoms with E-state index in [1.807, 2.05) is 6.07 Å². The van der Waals surface area contributed by atoms with Crippen LogP contribution in [0.2, 0.25) is 5.02 Å². The Kier molecular flexibility index (Phi) is 4.06. The highest BCUT2D eigenvalue weighted by Crippen LogP contribution is 2.29. The molecule has 1 aliphatic rings. The molecule has 1 saturated heterocycles. The van der Waals surface area contributed by atoms with E-state index in [-0.39, 0.29) is 0 Å². The molecule has 1 fully saturated rings. The molecule has 1 unspecified atom stereocenters. The highest BCUT2D eigenvalue weighted by Gasteiger charge is 2.20. The van der Waals surface area contributed by atoms with E-state index in [1.165, 1.54) is 19.3 Å². The fraction of sp³-hybridized carbons (Fsp3) is 0.500. The molecule has 0 radical (unpaired) electrons. The second-order valence-electron chi connectivity index (χ2n) is 4.68. The molecular formula is C14H18ClNO. The number of benzene rings is 1. The Labute approximate surface area is 108 Å². The zero-order chi connectivity index (χ0) is 12.3. The molecule has 17 heavy (non-hydrogen) atoms. The van der Waals surface area contributed by atoms with Gasteiger partial charge in [-0.25, -0.2) is 0 Å². The monoisotopic (exact) mass is 251 g/mol. The van der Waals surface area contributed by atoms with Crippen LogP contribution >= 0.6 is 11.6 Å². The number of hydrogen-bond acceptors (Lipinski definition) is 2. The SMILES string of the molecule is CCC1CCCN(c2cc(Cl)ccc2C=O)C1. The van der Waals surface area contributed by atoms with Crippen molar-refractivity contribution in [3.05, 3.63) is 28.8 Å². The number of rotatable bonds is 3. The molecule has 0 saturated carbocycles. The molecule has 0 amide bonds. The fourth-order valence-corrected chi connectivity index (χ4v) is 2.67. The van der Waals surface area contributed by atoms with Crippen molar-refractivity contribution in [3.63, 3.8) is 0 Å². The standard InChI is InChI=1S/C14H18ClNO/c1-2-11-4-3-7-16(9-11)14-8-13(15)6-5-12(14)10-17/h5-6,8,10-11H,2-4,7,9H2,1H3. The van der Waals surface area contributed by atoms with Gasteiger partial charge in [-0.2, -0.15) is 0 Å². The minimum Gasteiger partial charge on any atom is -0.371 e. The van der Waals surface area contributed by atoms with Crippen LogP contribution in [-0.4, -0.2) is 19.4 Å². The largest absolute Gasteiger partial charge is 0.371 e. The number of anilines is 1. The maximum absolute atomic E-state index is 11.1. The quantitative estimate of drug-likeness (QED) is 0.762. The molecule has 0 bridgehead atoms. The lowest BCUT2D eigenvalue weighted by Crippen LogP contribution is -2.35. The van der Waals surface area contributed by atoms with Gasteiger partial charge in [-0.05, 0) is 37.0 Å². The van der Waals surface area contributed by atoms with Crippen molar-refractivity contribution in [2.24, 2.45) is 5.92 Å². The summed E-state index contributed by atoms with van der Waals surface area (Å²) in [6.07, 6.45) is 4.61. The van der Waals surface area contributed by atoms with Crippen LogP contribution in [-0.2, 0) is 0 Å². The average molecular weight is 252 g/mol. The first kappa shape index (κ1) is 12.4. The van der Waals surface area contributed by atoms with Gasteiger partial charge >= 0.3 is 0 Å². The van der Waals surface area contributed by atoms with Gasteiger partial charge in [0.25, 0.3) is 0 Å². The third-order valence-corrected chi connectivity index (χ3v) is 3.79. The predicted octanol–water partition coefficient (Wildman–Crippen LogP) is 3.78. The van der Waals surface area contributed by atoms with Gasteiger partial charge in [0.1, 0.15) is 0 Å². The van der Waals surface area contributed by atoms with Gasteiger partial charge in [-0.15, -0.1) is 0 Å². The van der Waals surface area contributed by atoms with Crippen LogP contribution in [0.5, 0.6) is 0 Å². The molecule has 2 rings (SSSR count). The van der Waals surface area contributed by atoms with E-state index in [1.54, 1.807) is 12.1 Å². The first-order chi connectivity index (χ1) is 8.24. The topological polar surface area (TPSA) is 20.3 Å². The van der Waals surface area contributed by atoms with Gasteiger partial charge in [0, 0.05) is 29.4 Å². The lowest BCUT2D eigenvalue weighted by atomic mass is 9.95. The minimum atomic E-state index is 0.698. The highest BCUT2D eigenvalue weighted by atomic mass is 35.5. The van der Waals surface area contributed by atoms with E-state index in [0.717, 1.165) is 36.5 Å². The number of nitrogens with zero attached hydrogens (tertiary/aromatic N) is 1. The van der Waals surface area contributed by atoms with Gasteiger partial charge in [-0.3, -0.25) is 4.79 Å². The van der Waals surface area contributed by atoms with E-state index in [2.05, 4.69) is 11.8 Å². The summed E-state index contributed by atoms with van der Waals surface area (Å²) in [5, 5.41) is 0.698. The van der Waals surface area contributed by atoms with Crippen LogP contribution < -0.4 is 4.90 Å². The summed E-state index contributed by atoms with van der Waals surface area (Å²) in [6, 6.07) is 5.49. The summed E-state index contributed by atoms with van der Waals surface area (Å²) in [5.41, 5.74) is 1.73. The maximum atomic E-state index is 11.1. The lowest BCUT2D eigenvalue weighted by Gasteiger charge is -2.34. The molecule has 0 aliphatic carbocycles.